The van der Waals surface area contributed by atoms with Crippen molar-refractivity contribution in [2.45, 2.75) is 6.54 Å². The zero-order chi connectivity index (χ0) is 17.6. The molecule has 0 unspecified atom stereocenters. The minimum Gasteiger partial charge on any atom is -0.378 e. The van der Waals surface area contributed by atoms with Crippen molar-refractivity contribution in [3.63, 3.8) is 0 Å². The molecule has 0 radical (unpaired) electrons. The Labute approximate surface area is 148 Å². The molecule has 0 saturated heterocycles. The van der Waals surface area contributed by atoms with Gasteiger partial charge >= 0.3 is 0 Å². The van der Waals surface area contributed by atoms with Crippen LogP contribution in [0.2, 0.25) is 0 Å². The molecule has 0 amide bonds. The molecule has 2 aromatic carbocycles. The van der Waals surface area contributed by atoms with E-state index in [9.17, 15) is 0 Å². The number of nitrogens with one attached hydrogen (secondary N) is 1. The highest BCUT2D eigenvalue weighted by Gasteiger charge is 2.07. The van der Waals surface area contributed by atoms with Crippen LogP contribution in [0.5, 0.6) is 0 Å². The van der Waals surface area contributed by atoms with E-state index < -0.39 is 0 Å². The van der Waals surface area contributed by atoms with Crippen LogP contribution in [-0.4, -0.2) is 36.3 Å². The molecule has 3 aromatic rings. The van der Waals surface area contributed by atoms with E-state index in [1.165, 1.54) is 5.56 Å². The third kappa shape index (κ3) is 4.44. The van der Waals surface area contributed by atoms with Crippen molar-refractivity contribution in [2.24, 2.45) is 0 Å². The summed E-state index contributed by atoms with van der Waals surface area (Å²) in [4.78, 5) is 8.59. The first-order valence-electron chi connectivity index (χ1n) is 8.11. The smallest absolute Gasteiger partial charge is 0.247 e. The summed E-state index contributed by atoms with van der Waals surface area (Å²) in [6.45, 7) is 0.726. The van der Waals surface area contributed by atoms with Crippen LogP contribution in [-0.2, 0) is 6.54 Å². The Morgan fingerprint density at radius 2 is 1.64 bits per heavy atom. The number of hydrogen-bond acceptors (Lipinski definition) is 6. The van der Waals surface area contributed by atoms with Crippen molar-refractivity contribution in [3.05, 3.63) is 66.4 Å². The molecule has 6 heteroatoms. The molecule has 0 spiro atoms. The van der Waals surface area contributed by atoms with Gasteiger partial charge in [-0.1, -0.05) is 30.3 Å². The topological polar surface area (TPSA) is 57.2 Å². The van der Waals surface area contributed by atoms with Gasteiger partial charge in [-0.25, -0.2) is 0 Å². The Balaban J connectivity index is 1.70. The van der Waals surface area contributed by atoms with Gasteiger partial charge < -0.3 is 15.1 Å². The van der Waals surface area contributed by atoms with Crippen LogP contribution in [0.1, 0.15) is 5.56 Å². The van der Waals surface area contributed by atoms with E-state index in [0.717, 1.165) is 17.9 Å². The van der Waals surface area contributed by atoms with Crippen molar-refractivity contribution in [1.82, 2.24) is 15.2 Å². The summed E-state index contributed by atoms with van der Waals surface area (Å²) in [5, 5.41) is 11.5. The molecule has 1 heterocycles. The van der Waals surface area contributed by atoms with Crippen LogP contribution in [0.4, 0.5) is 23.1 Å². The molecule has 0 aliphatic carbocycles. The van der Waals surface area contributed by atoms with Crippen LogP contribution < -0.4 is 15.1 Å². The Hall–Kier alpha value is -3.15. The van der Waals surface area contributed by atoms with Gasteiger partial charge in [0, 0.05) is 39.1 Å². The number of hydrogen-bond donors (Lipinski definition) is 1. The second kappa shape index (κ2) is 7.61. The largest absolute Gasteiger partial charge is 0.378 e. The van der Waals surface area contributed by atoms with Gasteiger partial charge in [-0.3, -0.25) is 0 Å². The first-order valence-corrected chi connectivity index (χ1v) is 8.11. The third-order valence-electron chi connectivity index (χ3n) is 3.81. The molecule has 0 atom stereocenters. The molecule has 0 aliphatic rings. The predicted molar refractivity (Wildman–Crippen MR) is 102 cm³/mol. The highest BCUT2D eigenvalue weighted by molar-refractivity contribution is 5.60. The molecule has 0 fully saturated rings. The lowest BCUT2D eigenvalue weighted by Crippen LogP contribution is -2.19. The van der Waals surface area contributed by atoms with Gasteiger partial charge in [-0.05, 0) is 29.8 Å². The summed E-state index contributed by atoms with van der Waals surface area (Å²) in [6.07, 6.45) is 1.62. The van der Waals surface area contributed by atoms with Crippen LogP contribution in [0, 0.1) is 0 Å². The molecule has 0 aliphatic heterocycles. The van der Waals surface area contributed by atoms with Crippen molar-refractivity contribution in [3.8, 4) is 0 Å². The van der Waals surface area contributed by atoms with Crippen LogP contribution in [0.15, 0.2) is 60.8 Å². The van der Waals surface area contributed by atoms with E-state index in [-0.39, 0.29) is 0 Å². The maximum atomic E-state index is 4.55. The summed E-state index contributed by atoms with van der Waals surface area (Å²) in [5.41, 5.74) is 3.31. The van der Waals surface area contributed by atoms with Crippen molar-refractivity contribution in [1.29, 1.82) is 0 Å². The SMILES string of the molecule is CN(C)c1ccc(Nc2cnnc(N(C)Cc3ccccc3)n2)cc1. The predicted octanol–water partition coefficient (Wildman–Crippen LogP) is 3.32. The summed E-state index contributed by atoms with van der Waals surface area (Å²) in [5.74, 6) is 1.25. The Morgan fingerprint density at radius 1 is 0.920 bits per heavy atom. The third-order valence-corrected chi connectivity index (χ3v) is 3.81. The first-order chi connectivity index (χ1) is 12.1. The summed E-state index contributed by atoms with van der Waals surface area (Å²) in [7, 11) is 6.00. The molecular formula is C19H22N6. The standard InChI is InChI=1S/C19H22N6/c1-24(2)17-11-9-16(10-12-17)21-18-13-20-23-19(22-18)25(3)14-15-7-5-4-6-8-15/h4-13H,14H2,1-3H3,(H,21,22,23). The molecule has 1 N–H and O–H groups in total. The van der Waals surface area contributed by atoms with Gasteiger partial charge in [0.1, 0.15) is 0 Å². The maximum Gasteiger partial charge on any atom is 0.247 e. The van der Waals surface area contributed by atoms with Crippen LogP contribution >= 0.6 is 0 Å². The number of benzene rings is 2. The molecule has 0 bridgehead atoms. The lowest BCUT2D eigenvalue weighted by atomic mass is 10.2. The number of aromatic nitrogens is 3. The summed E-state index contributed by atoms with van der Waals surface area (Å²) in [6, 6.07) is 18.4. The zero-order valence-electron chi connectivity index (χ0n) is 14.7. The molecule has 128 valence electrons. The average Bonchev–Trinajstić information content (AvgIpc) is 2.63. The van der Waals surface area contributed by atoms with Gasteiger partial charge in [0.15, 0.2) is 5.82 Å². The lowest BCUT2D eigenvalue weighted by molar-refractivity contribution is 0.831. The van der Waals surface area contributed by atoms with Gasteiger partial charge in [-0.2, -0.15) is 10.1 Å². The normalized spacial score (nSPS) is 10.4. The molecular weight excluding hydrogens is 312 g/mol. The van der Waals surface area contributed by atoms with Crippen LogP contribution in [0.3, 0.4) is 0 Å². The second-order valence-electron chi connectivity index (χ2n) is 6.05. The Kier molecular flexibility index (Phi) is 5.09. The fraction of sp³-hybridized carbons (Fsp3) is 0.211. The fourth-order valence-electron chi connectivity index (χ4n) is 2.43. The molecule has 6 nitrogen and oxygen atoms in total. The molecule has 3 rings (SSSR count). The highest BCUT2D eigenvalue weighted by Crippen LogP contribution is 2.19. The summed E-state index contributed by atoms with van der Waals surface area (Å²) >= 11 is 0. The fourth-order valence-corrected chi connectivity index (χ4v) is 2.43. The molecule has 25 heavy (non-hydrogen) atoms. The molecule has 1 aromatic heterocycles. The van der Waals surface area contributed by atoms with E-state index in [0.29, 0.717) is 11.8 Å². The van der Waals surface area contributed by atoms with E-state index >= 15 is 0 Å². The minimum atomic E-state index is 0.582. The van der Waals surface area contributed by atoms with Crippen molar-refractivity contribution < 1.29 is 0 Å². The average molecular weight is 334 g/mol. The van der Waals surface area contributed by atoms with Crippen molar-refractivity contribution >= 4 is 23.1 Å². The van der Waals surface area contributed by atoms with E-state index in [4.69, 9.17) is 0 Å². The monoisotopic (exact) mass is 334 g/mol. The summed E-state index contributed by atoms with van der Waals surface area (Å²) < 4.78 is 0. The van der Waals surface area contributed by atoms with Gasteiger partial charge in [0.05, 0.1) is 6.20 Å². The maximum absolute atomic E-state index is 4.55. The first kappa shape index (κ1) is 16.7. The number of rotatable bonds is 6. The van der Waals surface area contributed by atoms with Gasteiger partial charge in [0.25, 0.3) is 0 Å². The van der Waals surface area contributed by atoms with Gasteiger partial charge in [-0.15, -0.1) is 5.10 Å². The molecule has 0 saturated carbocycles. The number of nitrogens with zero attached hydrogens (tertiary/aromatic N) is 5. The minimum absolute atomic E-state index is 0.582. The Morgan fingerprint density at radius 3 is 2.32 bits per heavy atom. The lowest BCUT2D eigenvalue weighted by Gasteiger charge is -2.17. The van der Waals surface area contributed by atoms with E-state index in [1.54, 1.807) is 6.20 Å². The van der Waals surface area contributed by atoms with E-state index in [1.807, 2.05) is 56.4 Å². The van der Waals surface area contributed by atoms with Crippen LogP contribution in [0.25, 0.3) is 0 Å². The highest BCUT2D eigenvalue weighted by atomic mass is 15.3. The quantitative estimate of drug-likeness (QED) is 0.746. The van der Waals surface area contributed by atoms with Gasteiger partial charge in [0.2, 0.25) is 5.95 Å². The van der Waals surface area contributed by atoms with E-state index in [2.05, 4.69) is 49.7 Å². The Bertz CT molecular complexity index is 802. The number of anilines is 4. The second-order valence-corrected chi connectivity index (χ2v) is 6.05. The van der Waals surface area contributed by atoms with Crippen molar-refractivity contribution in [2.75, 3.05) is 36.3 Å². The zero-order valence-corrected chi connectivity index (χ0v) is 14.7.